The molecule has 7 nitrogen and oxygen atoms in total. The fourth-order valence-electron chi connectivity index (χ4n) is 3.74. The number of rotatable bonds is 6. The molecule has 34 heavy (non-hydrogen) atoms. The first-order valence-corrected chi connectivity index (χ1v) is 10.8. The van der Waals surface area contributed by atoms with Crippen LogP contribution in [0.1, 0.15) is 40.0 Å². The smallest absolute Gasteiger partial charge is 0.300 e. The standard InChI is InChI=1S/C24H23FN2O3.C2H4O2/c25-21-10-9-18(30-17-7-5-15(6-8-17)11-12-26)14-20(21)24(29)27-23-19-4-2-1-3-16(19)13-22(23)28;1-2(3)4/h1-10,14,22-23,28H,11-13,26H2,(H,27,29);1H3,(H,3,4)/t22-,23+;/m0./s1. The van der Waals surface area contributed by atoms with Gasteiger partial charge in [-0.05, 0) is 60.0 Å². The highest BCUT2D eigenvalue weighted by Crippen LogP contribution is 2.32. The third-order valence-corrected chi connectivity index (χ3v) is 5.27. The van der Waals surface area contributed by atoms with Gasteiger partial charge in [0.15, 0.2) is 0 Å². The van der Waals surface area contributed by atoms with Crippen molar-refractivity contribution in [3.05, 3.63) is 94.8 Å². The second kappa shape index (κ2) is 11.4. The van der Waals surface area contributed by atoms with E-state index in [1.54, 1.807) is 12.1 Å². The molecule has 0 aromatic heterocycles. The molecule has 0 saturated carbocycles. The number of hydrogen-bond acceptors (Lipinski definition) is 5. The second-order valence-electron chi connectivity index (χ2n) is 7.87. The van der Waals surface area contributed by atoms with Gasteiger partial charge in [-0.3, -0.25) is 9.59 Å². The molecule has 0 saturated heterocycles. The van der Waals surface area contributed by atoms with Crippen molar-refractivity contribution in [1.29, 1.82) is 0 Å². The van der Waals surface area contributed by atoms with E-state index in [9.17, 15) is 14.3 Å². The van der Waals surface area contributed by atoms with Crippen LogP contribution in [-0.2, 0) is 17.6 Å². The average Bonchev–Trinajstić information content (AvgIpc) is 3.11. The van der Waals surface area contributed by atoms with Crippen molar-refractivity contribution in [3.8, 4) is 11.5 Å². The van der Waals surface area contributed by atoms with Crippen LogP contribution in [0.4, 0.5) is 4.39 Å². The molecule has 1 aliphatic carbocycles. The average molecular weight is 467 g/mol. The van der Waals surface area contributed by atoms with Gasteiger partial charge in [-0.15, -0.1) is 0 Å². The van der Waals surface area contributed by atoms with Crippen molar-refractivity contribution < 1.29 is 28.9 Å². The van der Waals surface area contributed by atoms with E-state index >= 15 is 0 Å². The minimum atomic E-state index is -0.833. The first kappa shape index (κ1) is 24.9. The fraction of sp³-hybridized carbons (Fsp3) is 0.231. The minimum Gasteiger partial charge on any atom is -0.481 e. The number of carbonyl (C=O) groups excluding carboxylic acids is 1. The summed E-state index contributed by atoms with van der Waals surface area (Å²) in [6, 6.07) is 18.4. The molecule has 4 rings (SSSR count). The molecule has 3 aromatic carbocycles. The highest BCUT2D eigenvalue weighted by Gasteiger charge is 2.32. The molecule has 1 amide bonds. The van der Waals surface area contributed by atoms with E-state index in [0.29, 0.717) is 24.5 Å². The lowest BCUT2D eigenvalue weighted by Gasteiger charge is -2.18. The lowest BCUT2D eigenvalue weighted by Crippen LogP contribution is -2.34. The van der Waals surface area contributed by atoms with Crippen LogP contribution < -0.4 is 15.8 Å². The zero-order chi connectivity index (χ0) is 24.7. The molecule has 178 valence electrons. The Hall–Kier alpha value is -3.75. The van der Waals surface area contributed by atoms with Crippen molar-refractivity contribution in [3.63, 3.8) is 0 Å². The zero-order valence-electron chi connectivity index (χ0n) is 18.7. The van der Waals surface area contributed by atoms with Crippen molar-refractivity contribution in [2.75, 3.05) is 6.54 Å². The maximum atomic E-state index is 14.4. The second-order valence-corrected chi connectivity index (χ2v) is 7.87. The summed E-state index contributed by atoms with van der Waals surface area (Å²) in [5, 5.41) is 20.5. The Balaban J connectivity index is 0.000000751. The molecule has 1 aliphatic rings. The van der Waals surface area contributed by atoms with Gasteiger partial charge in [0.25, 0.3) is 11.9 Å². The quantitative estimate of drug-likeness (QED) is 0.440. The molecule has 0 radical (unpaired) electrons. The predicted octanol–water partition coefficient (Wildman–Crippen LogP) is 3.60. The molecule has 0 bridgehead atoms. The van der Waals surface area contributed by atoms with E-state index in [1.165, 1.54) is 18.2 Å². The molecule has 8 heteroatoms. The molecule has 2 atom stereocenters. The number of carboxylic acids is 1. The molecule has 0 aliphatic heterocycles. The summed E-state index contributed by atoms with van der Waals surface area (Å²) in [4.78, 5) is 21.8. The molecule has 0 fully saturated rings. The number of carbonyl (C=O) groups is 2. The number of aliphatic carboxylic acids is 1. The van der Waals surface area contributed by atoms with Gasteiger partial charge in [-0.1, -0.05) is 36.4 Å². The number of amides is 1. The summed E-state index contributed by atoms with van der Waals surface area (Å²) in [7, 11) is 0. The number of benzene rings is 3. The molecule has 0 spiro atoms. The van der Waals surface area contributed by atoms with Crippen LogP contribution in [-0.4, -0.2) is 34.7 Å². The number of carboxylic acid groups (broad SMARTS) is 1. The first-order chi connectivity index (χ1) is 16.3. The highest BCUT2D eigenvalue weighted by atomic mass is 19.1. The van der Waals surface area contributed by atoms with Crippen LogP contribution >= 0.6 is 0 Å². The van der Waals surface area contributed by atoms with Crippen LogP contribution in [0.25, 0.3) is 0 Å². The van der Waals surface area contributed by atoms with Crippen LogP contribution in [0.15, 0.2) is 66.7 Å². The lowest BCUT2D eigenvalue weighted by molar-refractivity contribution is -0.134. The first-order valence-electron chi connectivity index (χ1n) is 10.8. The Morgan fingerprint density at radius 2 is 1.74 bits per heavy atom. The van der Waals surface area contributed by atoms with E-state index < -0.39 is 29.8 Å². The fourth-order valence-corrected chi connectivity index (χ4v) is 3.74. The highest BCUT2D eigenvalue weighted by molar-refractivity contribution is 5.95. The molecule has 3 aromatic rings. The number of ether oxygens (including phenoxy) is 1. The van der Waals surface area contributed by atoms with Crippen molar-refractivity contribution in [2.24, 2.45) is 5.73 Å². The zero-order valence-corrected chi connectivity index (χ0v) is 18.7. The largest absolute Gasteiger partial charge is 0.481 e. The summed E-state index contributed by atoms with van der Waals surface area (Å²) in [5.41, 5.74) is 8.34. The Morgan fingerprint density at radius 3 is 2.41 bits per heavy atom. The van der Waals surface area contributed by atoms with E-state index in [4.69, 9.17) is 20.4 Å². The van der Waals surface area contributed by atoms with E-state index in [1.807, 2.05) is 36.4 Å². The van der Waals surface area contributed by atoms with Crippen LogP contribution in [0, 0.1) is 5.82 Å². The van der Waals surface area contributed by atoms with Gasteiger partial charge in [-0.25, -0.2) is 4.39 Å². The van der Waals surface area contributed by atoms with Crippen molar-refractivity contribution in [2.45, 2.75) is 31.9 Å². The van der Waals surface area contributed by atoms with Gasteiger partial charge < -0.3 is 26.0 Å². The SMILES string of the molecule is CC(=O)O.NCCc1ccc(Oc2ccc(F)c(C(=O)N[C@@H]3c4ccccc4C[C@@H]3O)c2)cc1. The van der Waals surface area contributed by atoms with Gasteiger partial charge in [-0.2, -0.15) is 0 Å². The number of aliphatic hydroxyl groups excluding tert-OH is 1. The van der Waals surface area contributed by atoms with Crippen LogP contribution in [0.3, 0.4) is 0 Å². The lowest BCUT2D eigenvalue weighted by atomic mass is 10.1. The summed E-state index contributed by atoms with van der Waals surface area (Å²) in [6.45, 7) is 1.65. The topological polar surface area (TPSA) is 122 Å². The number of fused-ring (bicyclic) bond motifs is 1. The third kappa shape index (κ3) is 6.40. The Kier molecular flexibility index (Phi) is 8.34. The Morgan fingerprint density at radius 1 is 1.09 bits per heavy atom. The number of aliphatic hydroxyl groups is 1. The van der Waals surface area contributed by atoms with Gasteiger partial charge in [0.05, 0.1) is 17.7 Å². The molecular weight excluding hydrogens is 439 g/mol. The van der Waals surface area contributed by atoms with Crippen molar-refractivity contribution >= 4 is 11.9 Å². The summed E-state index contributed by atoms with van der Waals surface area (Å²) >= 11 is 0. The van der Waals surface area contributed by atoms with Crippen molar-refractivity contribution in [1.82, 2.24) is 5.32 Å². The monoisotopic (exact) mass is 466 g/mol. The van der Waals surface area contributed by atoms with Crippen LogP contribution in [0.2, 0.25) is 0 Å². The van der Waals surface area contributed by atoms with Gasteiger partial charge in [0.1, 0.15) is 17.3 Å². The van der Waals surface area contributed by atoms with E-state index in [2.05, 4.69) is 5.32 Å². The maximum absolute atomic E-state index is 14.4. The summed E-state index contributed by atoms with van der Waals surface area (Å²) in [6.07, 6.45) is 0.477. The number of nitrogens with two attached hydrogens (primary N) is 1. The predicted molar refractivity (Wildman–Crippen MR) is 125 cm³/mol. The molecule has 5 N–H and O–H groups in total. The molecule has 0 unspecified atom stereocenters. The Bertz CT molecular complexity index is 1150. The summed E-state index contributed by atoms with van der Waals surface area (Å²) < 4.78 is 20.2. The summed E-state index contributed by atoms with van der Waals surface area (Å²) in [5.74, 6) is -1.16. The molecular formula is C26H27FN2O5. The third-order valence-electron chi connectivity index (χ3n) is 5.27. The molecule has 0 heterocycles. The maximum Gasteiger partial charge on any atom is 0.300 e. The van der Waals surface area contributed by atoms with Gasteiger partial charge in [0, 0.05) is 13.3 Å². The number of hydrogen-bond donors (Lipinski definition) is 4. The van der Waals surface area contributed by atoms with Gasteiger partial charge >= 0.3 is 0 Å². The number of halogens is 1. The van der Waals surface area contributed by atoms with E-state index in [-0.39, 0.29) is 5.56 Å². The van der Waals surface area contributed by atoms with Crippen LogP contribution in [0.5, 0.6) is 11.5 Å². The normalized spacial score (nSPS) is 16.1. The number of nitrogens with one attached hydrogen (secondary N) is 1. The Labute approximate surface area is 197 Å². The van der Waals surface area contributed by atoms with E-state index in [0.717, 1.165) is 30.0 Å². The van der Waals surface area contributed by atoms with Gasteiger partial charge in [0.2, 0.25) is 0 Å². The minimum absolute atomic E-state index is 0.135.